The number of hydrogen-bond donors (Lipinski definition) is 2. The molecule has 0 heterocycles. The van der Waals surface area contributed by atoms with E-state index < -0.39 is 0 Å². The fourth-order valence-electron chi connectivity index (χ4n) is 2.43. The van der Waals surface area contributed by atoms with Crippen molar-refractivity contribution in [1.82, 2.24) is 0 Å². The van der Waals surface area contributed by atoms with Gasteiger partial charge < -0.3 is 15.4 Å². The van der Waals surface area contributed by atoms with Gasteiger partial charge in [-0.25, -0.2) is 0 Å². The van der Waals surface area contributed by atoms with E-state index in [0.717, 1.165) is 22.7 Å². The lowest BCUT2D eigenvalue weighted by Gasteiger charge is -2.13. The van der Waals surface area contributed by atoms with Crippen LogP contribution in [0.1, 0.15) is 32.8 Å². The number of amides is 1. The SMILES string of the molecule is CCOc1ccccc1CNc1cccc(NC(=O)CC(C)C)c1. The van der Waals surface area contributed by atoms with Gasteiger partial charge in [0, 0.05) is 29.9 Å². The highest BCUT2D eigenvalue weighted by molar-refractivity contribution is 5.91. The third-order valence-electron chi connectivity index (χ3n) is 3.50. The molecule has 24 heavy (non-hydrogen) atoms. The molecule has 2 rings (SSSR count). The Morgan fingerprint density at radius 3 is 2.58 bits per heavy atom. The fourth-order valence-corrected chi connectivity index (χ4v) is 2.43. The van der Waals surface area contributed by atoms with Gasteiger partial charge in [-0.2, -0.15) is 0 Å². The van der Waals surface area contributed by atoms with Crippen LogP contribution >= 0.6 is 0 Å². The number of anilines is 2. The first-order valence-corrected chi connectivity index (χ1v) is 8.43. The van der Waals surface area contributed by atoms with E-state index in [4.69, 9.17) is 4.74 Å². The molecule has 4 nitrogen and oxygen atoms in total. The molecule has 0 spiro atoms. The van der Waals surface area contributed by atoms with Gasteiger partial charge in [0.05, 0.1) is 6.61 Å². The van der Waals surface area contributed by atoms with Crippen LogP contribution in [-0.2, 0) is 11.3 Å². The lowest BCUT2D eigenvalue weighted by molar-refractivity contribution is -0.116. The van der Waals surface area contributed by atoms with Crippen molar-refractivity contribution in [1.29, 1.82) is 0 Å². The van der Waals surface area contributed by atoms with Gasteiger partial charge in [-0.15, -0.1) is 0 Å². The van der Waals surface area contributed by atoms with Crippen molar-refractivity contribution in [3.05, 3.63) is 54.1 Å². The molecule has 0 aliphatic rings. The monoisotopic (exact) mass is 326 g/mol. The average molecular weight is 326 g/mol. The van der Waals surface area contributed by atoms with E-state index in [1.807, 2.05) is 69.3 Å². The number of carbonyl (C=O) groups is 1. The Hall–Kier alpha value is -2.49. The quantitative estimate of drug-likeness (QED) is 0.740. The number of ether oxygens (including phenoxy) is 1. The van der Waals surface area contributed by atoms with Gasteiger partial charge in [0.1, 0.15) is 5.75 Å². The van der Waals surface area contributed by atoms with Gasteiger partial charge in [0.2, 0.25) is 5.91 Å². The standard InChI is InChI=1S/C20H26N2O2/c1-4-24-19-11-6-5-8-16(19)14-21-17-9-7-10-18(13-17)22-20(23)12-15(2)3/h5-11,13,15,21H,4,12,14H2,1-3H3,(H,22,23). The van der Waals surface area contributed by atoms with E-state index in [-0.39, 0.29) is 5.91 Å². The first-order valence-electron chi connectivity index (χ1n) is 8.43. The molecule has 1 amide bonds. The lowest BCUT2D eigenvalue weighted by atomic mass is 10.1. The minimum absolute atomic E-state index is 0.0452. The molecule has 0 unspecified atom stereocenters. The van der Waals surface area contributed by atoms with Crippen LogP contribution in [0.25, 0.3) is 0 Å². The van der Waals surface area contributed by atoms with Crippen molar-refractivity contribution in [2.24, 2.45) is 5.92 Å². The maximum atomic E-state index is 11.9. The van der Waals surface area contributed by atoms with Crippen LogP contribution < -0.4 is 15.4 Å². The number of rotatable bonds is 8. The molecule has 128 valence electrons. The summed E-state index contributed by atoms with van der Waals surface area (Å²) in [5, 5.41) is 6.32. The lowest BCUT2D eigenvalue weighted by Crippen LogP contribution is -2.14. The molecule has 0 atom stereocenters. The summed E-state index contributed by atoms with van der Waals surface area (Å²) in [6, 6.07) is 15.8. The van der Waals surface area contributed by atoms with Gasteiger partial charge in [-0.3, -0.25) is 4.79 Å². The Kier molecular flexibility index (Phi) is 6.67. The molecule has 2 aromatic rings. The molecule has 0 saturated heterocycles. The van der Waals surface area contributed by atoms with Crippen molar-refractivity contribution in [3.63, 3.8) is 0 Å². The number of hydrogen-bond acceptors (Lipinski definition) is 3. The van der Waals surface area contributed by atoms with E-state index in [1.54, 1.807) is 0 Å². The zero-order valence-electron chi connectivity index (χ0n) is 14.6. The molecule has 0 fully saturated rings. The Bertz CT molecular complexity index is 668. The number of para-hydroxylation sites is 1. The topological polar surface area (TPSA) is 50.4 Å². The van der Waals surface area contributed by atoms with Crippen molar-refractivity contribution < 1.29 is 9.53 Å². The van der Waals surface area contributed by atoms with Gasteiger partial charge in [-0.05, 0) is 37.1 Å². The van der Waals surface area contributed by atoms with E-state index in [2.05, 4.69) is 10.6 Å². The van der Waals surface area contributed by atoms with E-state index >= 15 is 0 Å². The summed E-state index contributed by atoms with van der Waals surface area (Å²) >= 11 is 0. The third kappa shape index (κ3) is 5.61. The minimum Gasteiger partial charge on any atom is -0.494 e. The second kappa shape index (κ2) is 8.96. The molecule has 0 aliphatic heterocycles. The molecule has 0 aliphatic carbocycles. The summed E-state index contributed by atoms with van der Waals surface area (Å²) in [5.41, 5.74) is 2.88. The normalized spacial score (nSPS) is 10.5. The smallest absolute Gasteiger partial charge is 0.224 e. The van der Waals surface area contributed by atoms with Crippen LogP contribution in [0, 0.1) is 5.92 Å². The maximum absolute atomic E-state index is 11.9. The second-order valence-corrected chi connectivity index (χ2v) is 6.12. The molecule has 2 aromatic carbocycles. The minimum atomic E-state index is 0.0452. The summed E-state index contributed by atoms with van der Waals surface area (Å²) in [4.78, 5) is 11.9. The van der Waals surface area contributed by atoms with Crippen LogP contribution in [0.2, 0.25) is 0 Å². The van der Waals surface area contributed by atoms with Crippen LogP contribution in [0.15, 0.2) is 48.5 Å². The molecule has 0 bridgehead atoms. The van der Waals surface area contributed by atoms with E-state index in [1.165, 1.54) is 0 Å². The summed E-state index contributed by atoms with van der Waals surface area (Å²) in [7, 11) is 0. The first kappa shape index (κ1) is 17.9. The highest BCUT2D eigenvalue weighted by atomic mass is 16.5. The van der Waals surface area contributed by atoms with Gasteiger partial charge in [0.15, 0.2) is 0 Å². The Morgan fingerprint density at radius 2 is 1.83 bits per heavy atom. The van der Waals surface area contributed by atoms with Gasteiger partial charge >= 0.3 is 0 Å². The largest absolute Gasteiger partial charge is 0.494 e. The summed E-state index contributed by atoms with van der Waals surface area (Å²) < 4.78 is 5.64. The summed E-state index contributed by atoms with van der Waals surface area (Å²) in [5.74, 6) is 1.29. The van der Waals surface area contributed by atoms with Crippen LogP contribution in [0.3, 0.4) is 0 Å². The molecule has 0 radical (unpaired) electrons. The fraction of sp³-hybridized carbons (Fsp3) is 0.350. The first-order chi connectivity index (χ1) is 11.6. The van der Waals surface area contributed by atoms with E-state index in [0.29, 0.717) is 25.5 Å². The van der Waals surface area contributed by atoms with Crippen LogP contribution in [0.4, 0.5) is 11.4 Å². The highest BCUT2D eigenvalue weighted by Gasteiger charge is 2.06. The second-order valence-electron chi connectivity index (χ2n) is 6.12. The molecular formula is C20H26N2O2. The zero-order chi connectivity index (χ0) is 17.4. The van der Waals surface area contributed by atoms with Crippen molar-refractivity contribution in [2.45, 2.75) is 33.7 Å². The maximum Gasteiger partial charge on any atom is 0.224 e. The van der Waals surface area contributed by atoms with Crippen LogP contribution in [0.5, 0.6) is 5.75 Å². The summed E-state index contributed by atoms with van der Waals surface area (Å²) in [6.07, 6.45) is 0.527. The number of nitrogens with one attached hydrogen (secondary N) is 2. The summed E-state index contributed by atoms with van der Waals surface area (Å²) in [6.45, 7) is 7.36. The number of benzene rings is 2. The predicted octanol–water partition coefficient (Wildman–Crippen LogP) is 4.68. The Balaban J connectivity index is 1.98. The van der Waals surface area contributed by atoms with Crippen molar-refractivity contribution in [2.75, 3.05) is 17.2 Å². The number of carbonyl (C=O) groups excluding carboxylic acids is 1. The third-order valence-corrected chi connectivity index (χ3v) is 3.50. The van der Waals surface area contributed by atoms with E-state index in [9.17, 15) is 4.79 Å². The molecule has 4 heteroatoms. The Morgan fingerprint density at radius 1 is 1.08 bits per heavy atom. The zero-order valence-corrected chi connectivity index (χ0v) is 14.6. The highest BCUT2D eigenvalue weighted by Crippen LogP contribution is 2.21. The van der Waals surface area contributed by atoms with Gasteiger partial charge in [-0.1, -0.05) is 38.1 Å². The van der Waals surface area contributed by atoms with Gasteiger partial charge in [0.25, 0.3) is 0 Å². The molecule has 0 aromatic heterocycles. The predicted molar refractivity (Wildman–Crippen MR) is 99.5 cm³/mol. The van der Waals surface area contributed by atoms with Crippen LogP contribution in [-0.4, -0.2) is 12.5 Å². The van der Waals surface area contributed by atoms with Crippen molar-refractivity contribution >= 4 is 17.3 Å². The Labute approximate surface area is 144 Å². The molecule has 0 saturated carbocycles. The van der Waals surface area contributed by atoms with Crippen molar-refractivity contribution in [3.8, 4) is 5.75 Å². The average Bonchev–Trinajstić information content (AvgIpc) is 2.54. The molecule has 2 N–H and O–H groups in total. The molecular weight excluding hydrogens is 300 g/mol.